The Morgan fingerprint density at radius 1 is 1.06 bits per heavy atom. The second kappa shape index (κ2) is 10.6. The van der Waals surface area contributed by atoms with E-state index in [1.54, 1.807) is 19.2 Å². The summed E-state index contributed by atoms with van der Waals surface area (Å²) in [5.74, 6) is -0.260. The van der Waals surface area contributed by atoms with Crippen LogP contribution in [0, 0.1) is 0 Å². The van der Waals surface area contributed by atoms with Crippen molar-refractivity contribution < 1.29 is 18.0 Å². The molecule has 2 aliphatic rings. The highest BCUT2D eigenvalue weighted by Gasteiger charge is 2.27. The molecule has 2 aliphatic heterocycles. The highest BCUT2D eigenvalue weighted by Crippen LogP contribution is 2.28. The Kier molecular flexibility index (Phi) is 8.13. The van der Waals surface area contributed by atoms with Gasteiger partial charge in [-0.15, -0.1) is 0 Å². The van der Waals surface area contributed by atoms with Gasteiger partial charge < -0.3 is 15.5 Å². The summed E-state index contributed by atoms with van der Waals surface area (Å²) in [6, 6.07) is 4.86. The predicted molar refractivity (Wildman–Crippen MR) is 124 cm³/mol. The largest absolute Gasteiger partial charge is 0.371 e. The van der Waals surface area contributed by atoms with Gasteiger partial charge in [0, 0.05) is 59.1 Å². The van der Waals surface area contributed by atoms with Crippen LogP contribution in [0.1, 0.15) is 42.5 Å². The van der Waals surface area contributed by atoms with Gasteiger partial charge in [0.2, 0.25) is 15.9 Å². The number of rotatable bonds is 7. The number of nitrogens with one attached hydrogen (secondary N) is 2. The Morgan fingerprint density at radius 2 is 1.72 bits per heavy atom. The normalized spacial score (nSPS) is 18.6. The molecule has 178 valence electrons. The molecule has 9 nitrogen and oxygen atoms in total. The van der Waals surface area contributed by atoms with Gasteiger partial charge in [0.15, 0.2) is 0 Å². The maximum Gasteiger partial charge on any atom is 0.253 e. The van der Waals surface area contributed by atoms with E-state index in [0.29, 0.717) is 12.1 Å². The quantitative estimate of drug-likeness (QED) is 0.620. The maximum absolute atomic E-state index is 13.3. The summed E-state index contributed by atoms with van der Waals surface area (Å²) in [6.07, 6.45) is 4.78. The lowest BCUT2D eigenvalue weighted by atomic mass is 10.0. The van der Waals surface area contributed by atoms with Gasteiger partial charge in [0.1, 0.15) is 0 Å². The number of benzene rings is 1. The molecule has 0 spiro atoms. The van der Waals surface area contributed by atoms with E-state index < -0.39 is 10.0 Å². The fourth-order valence-corrected chi connectivity index (χ4v) is 5.19. The van der Waals surface area contributed by atoms with Crippen LogP contribution < -0.4 is 15.5 Å². The molecule has 0 saturated carbocycles. The summed E-state index contributed by atoms with van der Waals surface area (Å²) in [4.78, 5) is 29.3. The van der Waals surface area contributed by atoms with E-state index in [4.69, 9.17) is 0 Å². The second-order valence-corrected chi connectivity index (χ2v) is 10.9. The molecule has 10 heteroatoms. The Hall–Kier alpha value is -2.17. The second-order valence-electron chi connectivity index (χ2n) is 8.71. The van der Waals surface area contributed by atoms with Crippen molar-refractivity contribution in [3.05, 3.63) is 23.8 Å². The number of likely N-dealkylation sites (tertiary alicyclic amines) is 1. The number of piperidine rings is 2. The molecule has 0 unspecified atom stereocenters. The van der Waals surface area contributed by atoms with Crippen molar-refractivity contribution in [1.82, 2.24) is 19.8 Å². The van der Waals surface area contributed by atoms with Crippen LogP contribution in [0.2, 0.25) is 0 Å². The van der Waals surface area contributed by atoms with E-state index in [0.717, 1.165) is 61.9 Å². The van der Waals surface area contributed by atoms with Crippen LogP contribution in [0.4, 0.5) is 5.69 Å². The number of carbonyl (C=O) groups excluding carboxylic acids is 2. The molecule has 3 rings (SSSR count). The molecule has 1 aromatic rings. The molecule has 0 radical (unpaired) electrons. The van der Waals surface area contributed by atoms with Gasteiger partial charge >= 0.3 is 0 Å². The van der Waals surface area contributed by atoms with Crippen LogP contribution in [0.5, 0.6) is 0 Å². The monoisotopic (exact) mass is 465 g/mol. The fourth-order valence-electron chi connectivity index (χ4n) is 4.26. The van der Waals surface area contributed by atoms with E-state index in [-0.39, 0.29) is 22.8 Å². The van der Waals surface area contributed by atoms with Crippen LogP contribution >= 0.6 is 0 Å². The topological polar surface area (TPSA) is 102 Å². The molecule has 32 heavy (non-hydrogen) atoms. The fraction of sp³-hybridized carbons (Fsp3) is 0.636. The SMILES string of the molecule is CNC(=O)CN1CCC(NC(=O)c2cc(S(=O)(=O)N(C)C)ccc2N2CCCCC2)CC1. The molecule has 2 amide bonds. The van der Waals surface area contributed by atoms with Crippen LogP contribution in [-0.4, -0.2) is 89.3 Å². The molecule has 1 aromatic carbocycles. The summed E-state index contributed by atoms with van der Waals surface area (Å²) < 4.78 is 26.5. The third-order valence-corrected chi connectivity index (χ3v) is 8.07. The lowest BCUT2D eigenvalue weighted by molar-refractivity contribution is -0.122. The summed E-state index contributed by atoms with van der Waals surface area (Å²) in [5.41, 5.74) is 1.19. The van der Waals surface area contributed by atoms with Crippen molar-refractivity contribution >= 4 is 27.5 Å². The number of likely N-dealkylation sites (N-methyl/N-ethyl adjacent to an activating group) is 1. The molecule has 2 N–H and O–H groups in total. The van der Waals surface area contributed by atoms with Gasteiger partial charge in [0.05, 0.1) is 17.0 Å². The van der Waals surface area contributed by atoms with Gasteiger partial charge in [-0.1, -0.05) is 0 Å². The summed E-state index contributed by atoms with van der Waals surface area (Å²) in [5, 5.41) is 5.74. The molecular weight excluding hydrogens is 430 g/mol. The zero-order chi connectivity index (χ0) is 23.3. The predicted octanol–water partition coefficient (Wildman–Crippen LogP) is 0.867. The van der Waals surface area contributed by atoms with Crippen LogP contribution in [0.3, 0.4) is 0 Å². The standard InChI is InChI=1S/C22H35N5O4S/c1-23-21(28)16-26-13-9-17(10-14-26)24-22(29)19-15-18(32(30,31)25(2)3)7-8-20(19)27-11-5-4-6-12-27/h7-8,15,17H,4-6,9-14,16H2,1-3H3,(H,23,28)(H,24,29). The van der Waals surface area contributed by atoms with Crippen LogP contribution in [-0.2, 0) is 14.8 Å². The molecule has 2 saturated heterocycles. The first kappa shape index (κ1) is 24.5. The van der Waals surface area contributed by atoms with Crippen molar-refractivity contribution in [3.8, 4) is 0 Å². The van der Waals surface area contributed by atoms with E-state index in [1.807, 2.05) is 0 Å². The smallest absolute Gasteiger partial charge is 0.253 e. The highest BCUT2D eigenvalue weighted by molar-refractivity contribution is 7.89. The van der Waals surface area contributed by atoms with Gasteiger partial charge in [0.25, 0.3) is 5.91 Å². The molecule has 0 aromatic heterocycles. The summed E-state index contributed by atoms with van der Waals surface area (Å²) >= 11 is 0. The number of anilines is 1. The van der Waals surface area contributed by atoms with E-state index in [2.05, 4.69) is 20.4 Å². The first-order chi connectivity index (χ1) is 15.2. The number of amides is 2. The van der Waals surface area contributed by atoms with Crippen molar-refractivity contribution in [2.45, 2.75) is 43.0 Å². The Balaban J connectivity index is 1.78. The number of carbonyl (C=O) groups is 2. The Labute approximate surface area is 191 Å². The van der Waals surface area contributed by atoms with Crippen molar-refractivity contribution in [1.29, 1.82) is 0 Å². The minimum atomic E-state index is -3.64. The first-order valence-corrected chi connectivity index (χ1v) is 12.7. The molecule has 0 bridgehead atoms. The van der Waals surface area contributed by atoms with Gasteiger partial charge in [-0.2, -0.15) is 0 Å². The first-order valence-electron chi connectivity index (χ1n) is 11.3. The molecule has 0 aliphatic carbocycles. The molecule has 2 heterocycles. The van der Waals surface area contributed by atoms with E-state index in [1.165, 1.54) is 26.6 Å². The number of nitrogens with zero attached hydrogens (tertiary/aromatic N) is 3. The van der Waals surface area contributed by atoms with Crippen LogP contribution in [0.15, 0.2) is 23.1 Å². The lowest BCUT2D eigenvalue weighted by Crippen LogP contribution is -2.47. The highest BCUT2D eigenvalue weighted by atomic mass is 32.2. The third-order valence-electron chi connectivity index (χ3n) is 6.26. The van der Waals surface area contributed by atoms with Gasteiger partial charge in [-0.25, -0.2) is 12.7 Å². The lowest BCUT2D eigenvalue weighted by Gasteiger charge is -2.33. The third kappa shape index (κ3) is 5.79. The number of sulfonamides is 1. The van der Waals surface area contributed by atoms with Gasteiger partial charge in [-0.3, -0.25) is 14.5 Å². The van der Waals surface area contributed by atoms with Crippen LogP contribution in [0.25, 0.3) is 0 Å². The molecule has 0 atom stereocenters. The van der Waals surface area contributed by atoms with Crippen molar-refractivity contribution in [3.63, 3.8) is 0 Å². The minimum Gasteiger partial charge on any atom is -0.371 e. The zero-order valence-electron chi connectivity index (χ0n) is 19.3. The van der Waals surface area contributed by atoms with Crippen molar-refractivity contribution in [2.24, 2.45) is 0 Å². The average molecular weight is 466 g/mol. The average Bonchev–Trinajstić information content (AvgIpc) is 2.80. The zero-order valence-corrected chi connectivity index (χ0v) is 20.1. The summed E-state index contributed by atoms with van der Waals surface area (Å²) in [7, 11) is 0.953. The van der Waals surface area contributed by atoms with Gasteiger partial charge in [-0.05, 0) is 50.3 Å². The van der Waals surface area contributed by atoms with Crippen molar-refractivity contribution in [2.75, 3.05) is 58.8 Å². The number of hydrogen-bond acceptors (Lipinski definition) is 6. The van der Waals surface area contributed by atoms with E-state index >= 15 is 0 Å². The Bertz CT molecular complexity index is 920. The summed E-state index contributed by atoms with van der Waals surface area (Å²) in [6.45, 7) is 3.54. The maximum atomic E-state index is 13.3. The molecular formula is C22H35N5O4S. The Morgan fingerprint density at radius 3 is 2.31 bits per heavy atom. The van der Waals surface area contributed by atoms with E-state index in [9.17, 15) is 18.0 Å². The minimum absolute atomic E-state index is 0.00763. The molecule has 2 fully saturated rings. The number of hydrogen-bond donors (Lipinski definition) is 2.